The van der Waals surface area contributed by atoms with Crippen LogP contribution in [0.15, 0.2) is 0 Å². The first-order chi connectivity index (χ1) is 12.4. The second-order valence-corrected chi connectivity index (χ2v) is 9.18. The van der Waals surface area contributed by atoms with E-state index in [2.05, 4.69) is 11.9 Å². The topological polar surface area (TPSA) is 43.9 Å². The van der Waals surface area contributed by atoms with Gasteiger partial charge in [0.25, 0.3) is 5.91 Å². The van der Waals surface area contributed by atoms with Gasteiger partial charge < -0.3 is 14.7 Å². The number of piperidine rings is 2. The van der Waals surface area contributed by atoms with Gasteiger partial charge in [0.15, 0.2) is 5.67 Å². The number of hydrogen-bond donors (Lipinski definition) is 0. The van der Waals surface area contributed by atoms with Gasteiger partial charge in [0, 0.05) is 26.2 Å². The number of amides is 2. The average molecular weight is 365 g/mol. The highest BCUT2D eigenvalue weighted by atomic mass is 19.1. The molecule has 3 aliphatic heterocycles. The third kappa shape index (κ3) is 3.14. The van der Waals surface area contributed by atoms with Gasteiger partial charge in [-0.15, -0.1) is 0 Å². The van der Waals surface area contributed by atoms with E-state index in [1.54, 1.807) is 4.90 Å². The lowest BCUT2D eigenvalue weighted by atomic mass is 9.76. The Morgan fingerprint density at radius 1 is 1.08 bits per heavy atom. The Morgan fingerprint density at radius 2 is 1.81 bits per heavy atom. The van der Waals surface area contributed by atoms with Gasteiger partial charge in [-0.2, -0.15) is 0 Å². The minimum atomic E-state index is -1.64. The van der Waals surface area contributed by atoms with Crippen molar-refractivity contribution in [3.05, 3.63) is 0 Å². The highest BCUT2D eigenvalue weighted by molar-refractivity contribution is 5.89. The number of likely N-dealkylation sites (tertiary alicyclic amines) is 3. The first-order valence-electron chi connectivity index (χ1n) is 10.4. The van der Waals surface area contributed by atoms with Crippen LogP contribution >= 0.6 is 0 Å². The maximum atomic E-state index is 14.6. The van der Waals surface area contributed by atoms with Crippen LogP contribution in [0, 0.1) is 11.3 Å². The highest BCUT2D eigenvalue weighted by Crippen LogP contribution is 2.43. The number of alkyl halides is 1. The average Bonchev–Trinajstić information content (AvgIpc) is 2.90. The summed E-state index contributed by atoms with van der Waals surface area (Å²) >= 11 is 0. The van der Waals surface area contributed by atoms with Crippen molar-refractivity contribution in [1.29, 1.82) is 0 Å². The van der Waals surface area contributed by atoms with Gasteiger partial charge in [-0.25, -0.2) is 4.39 Å². The molecule has 1 unspecified atom stereocenters. The fourth-order valence-corrected chi connectivity index (χ4v) is 5.29. The third-order valence-corrected chi connectivity index (χ3v) is 7.31. The second-order valence-electron chi connectivity index (χ2n) is 9.18. The Kier molecular flexibility index (Phi) is 4.74. The third-order valence-electron chi connectivity index (χ3n) is 7.31. The zero-order valence-corrected chi connectivity index (χ0v) is 16.0. The van der Waals surface area contributed by atoms with Gasteiger partial charge in [-0.05, 0) is 77.4 Å². The Bertz CT molecular complexity index is 571. The molecule has 0 aromatic heterocycles. The molecule has 26 heavy (non-hydrogen) atoms. The molecule has 0 radical (unpaired) electrons. The minimum Gasteiger partial charge on any atom is -0.342 e. The lowest BCUT2D eigenvalue weighted by Gasteiger charge is -2.43. The van der Waals surface area contributed by atoms with Crippen LogP contribution in [-0.4, -0.2) is 78.5 Å². The number of carbonyl (C=O) groups excluding carboxylic acids is 2. The zero-order valence-electron chi connectivity index (χ0n) is 16.0. The molecule has 1 spiro atoms. The molecule has 2 amide bonds. The zero-order chi connectivity index (χ0) is 18.4. The molecular formula is C20H32FN3O2. The predicted molar refractivity (Wildman–Crippen MR) is 97.4 cm³/mol. The van der Waals surface area contributed by atoms with Crippen molar-refractivity contribution in [2.24, 2.45) is 11.3 Å². The molecule has 4 fully saturated rings. The van der Waals surface area contributed by atoms with Gasteiger partial charge in [0.1, 0.15) is 0 Å². The summed E-state index contributed by atoms with van der Waals surface area (Å²) in [5.41, 5.74) is -2.09. The predicted octanol–water partition coefficient (Wildman–Crippen LogP) is 2.06. The fraction of sp³-hybridized carbons (Fsp3) is 0.900. The van der Waals surface area contributed by atoms with Crippen molar-refractivity contribution in [3.8, 4) is 0 Å². The largest absolute Gasteiger partial charge is 0.342 e. The summed E-state index contributed by atoms with van der Waals surface area (Å²) in [6.07, 6.45) is 6.29. The van der Waals surface area contributed by atoms with Crippen LogP contribution in [0.4, 0.5) is 4.39 Å². The lowest BCUT2D eigenvalue weighted by molar-refractivity contribution is -0.156. The number of rotatable bonds is 3. The standard InChI is InChI=1S/C20H32FN3O2/c1-22-11-4-16(5-12-22)14-23-13-9-19(17(23)25)6-3-10-24(15-19)18(26)20(21)7-2-8-20/h16H,2-15H2,1H3. The number of nitrogens with zero attached hydrogens (tertiary/aromatic N) is 3. The van der Waals surface area contributed by atoms with Crippen LogP contribution in [0.2, 0.25) is 0 Å². The Labute approximate surface area is 155 Å². The van der Waals surface area contributed by atoms with Crippen molar-refractivity contribution in [1.82, 2.24) is 14.7 Å². The Balaban J connectivity index is 1.39. The molecule has 6 heteroatoms. The van der Waals surface area contributed by atoms with E-state index in [0.717, 1.165) is 64.7 Å². The van der Waals surface area contributed by atoms with E-state index in [0.29, 0.717) is 31.8 Å². The molecule has 0 aromatic rings. The molecular weight excluding hydrogens is 333 g/mol. The lowest BCUT2D eigenvalue weighted by Crippen LogP contribution is -2.56. The summed E-state index contributed by atoms with van der Waals surface area (Å²) in [5, 5.41) is 0. The van der Waals surface area contributed by atoms with Crippen LogP contribution < -0.4 is 0 Å². The minimum absolute atomic E-state index is 0.218. The molecule has 4 aliphatic rings. The summed E-state index contributed by atoms with van der Waals surface area (Å²) in [5.74, 6) is 0.454. The van der Waals surface area contributed by atoms with Crippen LogP contribution in [0.1, 0.15) is 51.4 Å². The van der Waals surface area contributed by atoms with Gasteiger partial charge >= 0.3 is 0 Å². The van der Waals surface area contributed by atoms with E-state index in [1.165, 1.54) is 0 Å². The maximum absolute atomic E-state index is 14.6. The first-order valence-corrected chi connectivity index (χ1v) is 10.4. The molecule has 3 heterocycles. The Morgan fingerprint density at radius 3 is 2.46 bits per heavy atom. The quantitative estimate of drug-likeness (QED) is 0.769. The molecule has 146 valence electrons. The van der Waals surface area contributed by atoms with Crippen LogP contribution in [0.25, 0.3) is 0 Å². The van der Waals surface area contributed by atoms with Crippen LogP contribution in [-0.2, 0) is 9.59 Å². The van der Waals surface area contributed by atoms with E-state index in [1.807, 2.05) is 4.90 Å². The first kappa shape index (κ1) is 18.2. The van der Waals surface area contributed by atoms with Crippen molar-refractivity contribution < 1.29 is 14.0 Å². The Hall–Kier alpha value is -1.17. The van der Waals surface area contributed by atoms with Crippen LogP contribution in [0.3, 0.4) is 0 Å². The summed E-state index contributed by atoms with van der Waals surface area (Å²) in [4.78, 5) is 31.9. The fourth-order valence-electron chi connectivity index (χ4n) is 5.29. The number of halogens is 1. The van der Waals surface area contributed by atoms with Gasteiger partial charge in [0.2, 0.25) is 5.91 Å². The molecule has 0 aromatic carbocycles. The van der Waals surface area contributed by atoms with Crippen molar-refractivity contribution in [2.45, 2.75) is 57.0 Å². The van der Waals surface area contributed by atoms with Gasteiger partial charge in [-0.1, -0.05) is 0 Å². The molecule has 0 bridgehead atoms. The molecule has 1 atom stereocenters. The van der Waals surface area contributed by atoms with E-state index in [4.69, 9.17) is 0 Å². The molecule has 1 aliphatic carbocycles. The summed E-state index contributed by atoms with van der Waals surface area (Å²) in [6, 6.07) is 0. The van der Waals surface area contributed by atoms with Crippen molar-refractivity contribution >= 4 is 11.8 Å². The normalized spacial score (nSPS) is 32.9. The monoisotopic (exact) mass is 365 g/mol. The smallest absolute Gasteiger partial charge is 0.260 e. The summed E-state index contributed by atoms with van der Waals surface area (Å²) in [7, 11) is 2.15. The maximum Gasteiger partial charge on any atom is 0.260 e. The molecule has 4 rings (SSSR count). The molecule has 3 saturated heterocycles. The summed E-state index contributed by atoms with van der Waals surface area (Å²) < 4.78 is 14.6. The van der Waals surface area contributed by atoms with Crippen molar-refractivity contribution in [2.75, 3.05) is 46.3 Å². The highest BCUT2D eigenvalue weighted by Gasteiger charge is 2.53. The van der Waals surface area contributed by atoms with Crippen LogP contribution in [0.5, 0.6) is 0 Å². The van der Waals surface area contributed by atoms with E-state index >= 15 is 0 Å². The SMILES string of the molecule is CN1CCC(CN2CCC3(CCCN(C(=O)C4(F)CCC4)C3)C2=O)CC1. The molecule has 0 N–H and O–H groups in total. The molecule has 1 saturated carbocycles. The molecule has 5 nitrogen and oxygen atoms in total. The summed E-state index contributed by atoms with van der Waals surface area (Å²) in [6.45, 7) is 4.91. The van der Waals surface area contributed by atoms with E-state index < -0.39 is 11.1 Å². The van der Waals surface area contributed by atoms with E-state index in [-0.39, 0.29) is 11.8 Å². The van der Waals surface area contributed by atoms with E-state index in [9.17, 15) is 14.0 Å². The van der Waals surface area contributed by atoms with Gasteiger partial charge in [0.05, 0.1) is 5.41 Å². The van der Waals surface area contributed by atoms with Crippen molar-refractivity contribution in [3.63, 3.8) is 0 Å². The number of hydrogen-bond acceptors (Lipinski definition) is 3. The number of carbonyl (C=O) groups is 2. The second kappa shape index (κ2) is 6.77. The van der Waals surface area contributed by atoms with Gasteiger partial charge in [-0.3, -0.25) is 9.59 Å².